The molecule has 3 aromatic rings. The average molecular weight is 460 g/mol. The van der Waals surface area contributed by atoms with Gasteiger partial charge in [0.25, 0.3) is 0 Å². The zero-order valence-electron chi connectivity index (χ0n) is 16.6. The lowest BCUT2D eigenvalue weighted by molar-refractivity contribution is -0.136. The minimum atomic E-state index is -1.08. The number of carbonyl (C=O) groups is 3. The molecule has 31 heavy (non-hydrogen) atoms. The molecule has 0 saturated heterocycles. The normalized spacial score (nSPS) is 10.4. The Balaban J connectivity index is 1.83. The molecule has 0 unspecified atom stereocenters. The first-order valence-electron chi connectivity index (χ1n) is 9.02. The summed E-state index contributed by atoms with van der Waals surface area (Å²) in [6.45, 7) is 1.84. The van der Waals surface area contributed by atoms with Gasteiger partial charge in [0, 0.05) is 5.56 Å². The van der Waals surface area contributed by atoms with E-state index in [1.807, 2.05) is 6.92 Å². The van der Waals surface area contributed by atoms with Gasteiger partial charge in [-0.25, -0.2) is 9.78 Å². The molecule has 160 valence electrons. The number of thiazole rings is 1. The molecule has 10 heteroatoms. The summed E-state index contributed by atoms with van der Waals surface area (Å²) in [6, 6.07) is 11.2. The Morgan fingerprint density at radius 2 is 1.87 bits per heavy atom. The molecule has 0 aliphatic rings. The van der Waals surface area contributed by atoms with Crippen LogP contribution in [0.3, 0.4) is 0 Å². The van der Waals surface area contributed by atoms with E-state index in [0.29, 0.717) is 22.6 Å². The minimum Gasteiger partial charge on any atom is -0.496 e. The second-order valence-electron chi connectivity index (χ2n) is 6.47. The van der Waals surface area contributed by atoms with E-state index >= 15 is 0 Å². The van der Waals surface area contributed by atoms with Crippen LogP contribution >= 0.6 is 22.9 Å². The number of benzene rings is 2. The Kier molecular flexibility index (Phi) is 6.88. The van der Waals surface area contributed by atoms with Crippen molar-refractivity contribution in [2.24, 2.45) is 0 Å². The summed E-state index contributed by atoms with van der Waals surface area (Å²) in [5, 5.41) is 14.2. The van der Waals surface area contributed by atoms with Gasteiger partial charge in [-0.3, -0.25) is 14.9 Å². The summed E-state index contributed by atoms with van der Waals surface area (Å²) in [4.78, 5) is 40.5. The second-order valence-corrected chi connectivity index (χ2v) is 8.07. The summed E-state index contributed by atoms with van der Waals surface area (Å²) in [7, 11) is 1.48. The number of nitrogens with zero attached hydrogens (tertiary/aromatic N) is 1. The monoisotopic (exact) mass is 459 g/mol. The predicted octanol–water partition coefficient (Wildman–Crippen LogP) is 4.62. The van der Waals surface area contributed by atoms with E-state index in [-0.39, 0.29) is 27.4 Å². The molecule has 2 aromatic carbocycles. The molecule has 0 spiro atoms. The number of aliphatic carboxylic acids is 1. The highest BCUT2D eigenvalue weighted by molar-refractivity contribution is 7.19. The quantitative estimate of drug-likeness (QED) is 0.444. The molecule has 1 aromatic heterocycles. The molecular weight excluding hydrogens is 442 g/mol. The molecule has 3 N–H and O–H groups in total. The van der Waals surface area contributed by atoms with Gasteiger partial charge in [-0.1, -0.05) is 46.7 Å². The van der Waals surface area contributed by atoms with Crippen molar-refractivity contribution in [1.29, 1.82) is 0 Å². The summed E-state index contributed by atoms with van der Waals surface area (Å²) < 4.78 is 5.46. The van der Waals surface area contributed by atoms with Crippen LogP contribution in [0.1, 0.15) is 27.2 Å². The molecule has 0 atom stereocenters. The van der Waals surface area contributed by atoms with E-state index < -0.39 is 12.0 Å². The van der Waals surface area contributed by atoms with Gasteiger partial charge in [0.05, 0.1) is 30.5 Å². The summed E-state index contributed by atoms with van der Waals surface area (Å²) in [5.41, 5.74) is 1.96. The van der Waals surface area contributed by atoms with Crippen LogP contribution in [0, 0.1) is 6.92 Å². The number of halogens is 1. The van der Waals surface area contributed by atoms with Crippen molar-refractivity contribution in [3.05, 3.63) is 69.2 Å². The van der Waals surface area contributed by atoms with Crippen LogP contribution in [0.25, 0.3) is 0 Å². The van der Waals surface area contributed by atoms with Crippen LogP contribution in [0.2, 0.25) is 4.34 Å². The first-order chi connectivity index (χ1) is 14.8. The van der Waals surface area contributed by atoms with Gasteiger partial charge in [0.2, 0.25) is 0 Å². The van der Waals surface area contributed by atoms with Gasteiger partial charge in [0.1, 0.15) is 10.1 Å². The number of aryl methyl sites for hydroxylation is 1. The Morgan fingerprint density at radius 1 is 1.13 bits per heavy atom. The third-order valence-corrected chi connectivity index (χ3v) is 5.46. The number of nitrogens with one attached hydrogen (secondary N) is 2. The molecule has 0 saturated carbocycles. The fourth-order valence-electron chi connectivity index (χ4n) is 2.82. The highest BCUT2D eigenvalue weighted by Crippen LogP contribution is 2.29. The van der Waals surface area contributed by atoms with Crippen molar-refractivity contribution >= 4 is 51.5 Å². The molecule has 3 rings (SSSR count). The van der Waals surface area contributed by atoms with Crippen molar-refractivity contribution in [2.75, 3.05) is 17.7 Å². The van der Waals surface area contributed by atoms with Gasteiger partial charge >= 0.3 is 12.0 Å². The number of carboxylic acid groups (broad SMARTS) is 1. The lowest BCUT2D eigenvalue weighted by atomic mass is 9.99. The van der Waals surface area contributed by atoms with Crippen LogP contribution in [-0.4, -0.2) is 35.0 Å². The van der Waals surface area contributed by atoms with E-state index in [4.69, 9.17) is 21.4 Å². The number of hydrogen-bond donors (Lipinski definition) is 3. The van der Waals surface area contributed by atoms with Gasteiger partial charge in [-0.2, -0.15) is 0 Å². The number of carboxylic acids is 1. The van der Waals surface area contributed by atoms with Crippen molar-refractivity contribution in [1.82, 2.24) is 4.98 Å². The third-order valence-electron chi connectivity index (χ3n) is 4.21. The Morgan fingerprint density at radius 3 is 2.58 bits per heavy atom. The van der Waals surface area contributed by atoms with E-state index in [1.165, 1.54) is 7.11 Å². The SMILES string of the molecule is COc1ccccc1C(=O)c1cc(C)ccc1NC(=O)Nc1nc(CC(=O)O)c(Cl)s1. The maximum atomic E-state index is 13.2. The van der Waals surface area contributed by atoms with Crippen molar-refractivity contribution in [2.45, 2.75) is 13.3 Å². The van der Waals surface area contributed by atoms with Crippen LogP contribution in [0.5, 0.6) is 5.75 Å². The standard InChI is InChI=1S/C21H18ClN3O5S/c1-11-7-8-14(13(9-11)18(28)12-5-3-4-6-16(12)30-2)23-20(29)25-21-24-15(10-17(26)27)19(22)31-21/h3-9H,10H2,1-2H3,(H,26,27)(H2,23,24,25,29). The van der Waals surface area contributed by atoms with Gasteiger partial charge < -0.3 is 15.2 Å². The van der Waals surface area contributed by atoms with Crippen LogP contribution in [-0.2, 0) is 11.2 Å². The molecule has 0 bridgehead atoms. The molecule has 2 amide bonds. The van der Waals surface area contributed by atoms with Gasteiger partial charge in [-0.15, -0.1) is 0 Å². The highest BCUT2D eigenvalue weighted by Gasteiger charge is 2.20. The number of carbonyl (C=O) groups excluding carboxylic acids is 2. The zero-order chi connectivity index (χ0) is 22.5. The van der Waals surface area contributed by atoms with Crippen molar-refractivity contribution in [3.63, 3.8) is 0 Å². The van der Waals surface area contributed by atoms with Crippen molar-refractivity contribution < 1.29 is 24.2 Å². The number of rotatable bonds is 7. The van der Waals surface area contributed by atoms with E-state index in [2.05, 4.69) is 15.6 Å². The minimum absolute atomic E-state index is 0.142. The van der Waals surface area contributed by atoms with Crippen molar-refractivity contribution in [3.8, 4) is 5.75 Å². The molecule has 1 heterocycles. The number of methoxy groups -OCH3 is 1. The van der Waals surface area contributed by atoms with Crippen LogP contribution in [0.15, 0.2) is 42.5 Å². The molecular formula is C21H18ClN3O5S. The van der Waals surface area contributed by atoms with Gasteiger partial charge in [-0.05, 0) is 31.2 Å². The second kappa shape index (κ2) is 9.59. The number of urea groups is 1. The molecule has 0 fully saturated rings. The first kappa shape index (κ1) is 22.3. The topological polar surface area (TPSA) is 118 Å². The maximum Gasteiger partial charge on any atom is 0.325 e. The number of hydrogen-bond acceptors (Lipinski definition) is 6. The van der Waals surface area contributed by atoms with E-state index in [9.17, 15) is 14.4 Å². The molecule has 0 aliphatic heterocycles. The Hall–Kier alpha value is -3.43. The number of para-hydroxylation sites is 1. The fraction of sp³-hybridized carbons (Fsp3) is 0.143. The Labute approximate surface area is 186 Å². The number of aromatic nitrogens is 1. The summed E-state index contributed by atoms with van der Waals surface area (Å²) in [5.74, 6) is -0.965. The van der Waals surface area contributed by atoms with E-state index in [0.717, 1.165) is 16.9 Å². The molecule has 0 radical (unpaired) electrons. The van der Waals surface area contributed by atoms with Crippen LogP contribution in [0.4, 0.5) is 15.6 Å². The third kappa shape index (κ3) is 5.39. The number of anilines is 2. The smallest absolute Gasteiger partial charge is 0.325 e. The largest absolute Gasteiger partial charge is 0.496 e. The summed E-state index contributed by atoms with van der Waals surface area (Å²) >= 11 is 6.92. The lowest BCUT2D eigenvalue weighted by Crippen LogP contribution is -2.21. The first-order valence-corrected chi connectivity index (χ1v) is 10.2. The van der Waals surface area contributed by atoms with E-state index in [1.54, 1.807) is 42.5 Å². The molecule has 0 aliphatic carbocycles. The fourth-order valence-corrected chi connectivity index (χ4v) is 3.86. The Bertz CT molecular complexity index is 1160. The summed E-state index contributed by atoms with van der Waals surface area (Å²) in [6.07, 6.45) is -0.353. The number of amides is 2. The van der Waals surface area contributed by atoms with Crippen LogP contribution < -0.4 is 15.4 Å². The van der Waals surface area contributed by atoms with Gasteiger partial charge in [0.15, 0.2) is 10.9 Å². The lowest BCUT2D eigenvalue weighted by Gasteiger charge is -2.13. The number of ether oxygens (including phenoxy) is 1. The maximum absolute atomic E-state index is 13.2. The zero-order valence-corrected chi connectivity index (χ0v) is 18.1. The number of ketones is 1. The predicted molar refractivity (Wildman–Crippen MR) is 119 cm³/mol. The molecule has 8 nitrogen and oxygen atoms in total. The highest BCUT2D eigenvalue weighted by atomic mass is 35.5. The average Bonchev–Trinajstić information content (AvgIpc) is 3.06.